The van der Waals surface area contributed by atoms with E-state index >= 15 is 0 Å². The van der Waals surface area contributed by atoms with Crippen LogP contribution in [0, 0.1) is 5.92 Å². The molecule has 2 heteroatoms. The Balaban J connectivity index is 2.07. The summed E-state index contributed by atoms with van der Waals surface area (Å²) in [5.41, 5.74) is 0. The van der Waals surface area contributed by atoms with Crippen LogP contribution in [0.2, 0.25) is 0 Å². The number of hydrogen-bond donors (Lipinski definition) is 1. The van der Waals surface area contributed by atoms with E-state index in [0.717, 1.165) is 12.0 Å². The van der Waals surface area contributed by atoms with Crippen molar-refractivity contribution in [2.75, 3.05) is 26.2 Å². The van der Waals surface area contributed by atoms with Gasteiger partial charge in [0.2, 0.25) is 0 Å². The Morgan fingerprint density at radius 1 is 1.29 bits per heavy atom. The second kappa shape index (κ2) is 8.93. The lowest BCUT2D eigenvalue weighted by Crippen LogP contribution is -2.46. The summed E-state index contributed by atoms with van der Waals surface area (Å²) in [5, 5.41) is 3.67. The Hall–Kier alpha value is -0.0800. The molecular weight excluding hydrogens is 208 g/mol. The summed E-state index contributed by atoms with van der Waals surface area (Å²) in [7, 11) is 0. The van der Waals surface area contributed by atoms with E-state index in [1.165, 1.54) is 64.7 Å². The zero-order valence-electron chi connectivity index (χ0n) is 12.2. The monoisotopic (exact) mass is 240 g/mol. The summed E-state index contributed by atoms with van der Waals surface area (Å²) in [6, 6.07) is 0.758. The average Bonchev–Trinajstić information content (AvgIpc) is 2.32. The van der Waals surface area contributed by atoms with Crippen molar-refractivity contribution in [3.05, 3.63) is 0 Å². The van der Waals surface area contributed by atoms with E-state index < -0.39 is 0 Å². The third-order valence-corrected chi connectivity index (χ3v) is 3.69. The molecule has 0 aromatic heterocycles. The molecule has 0 aromatic rings. The molecule has 0 amide bonds. The van der Waals surface area contributed by atoms with Crippen LogP contribution in [0.15, 0.2) is 0 Å². The van der Waals surface area contributed by atoms with Crippen LogP contribution in [-0.2, 0) is 0 Å². The van der Waals surface area contributed by atoms with Crippen molar-refractivity contribution in [2.45, 2.75) is 65.3 Å². The number of rotatable bonds is 8. The van der Waals surface area contributed by atoms with Crippen LogP contribution >= 0.6 is 0 Å². The molecule has 2 nitrogen and oxygen atoms in total. The molecule has 1 unspecified atom stereocenters. The van der Waals surface area contributed by atoms with Crippen molar-refractivity contribution in [1.29, 1.82) is 0 Å². The van der Waals surface area contributed by atoms with E-state index in [2.05, 4.69) is 31.0 Å². The number of nitrogens with one attached hydrogen (secondary N) is 1. The van der Waals surface area contributed by atoms with Crippen LogP contribution in [0.25, 0.3) is 0 Å². The molecule has 1 heterocycles. The van der Waals surface area contributed by atoms with Crippen molar-refractivity contribution >= 4 is 0 Å². The van der Waals surface area contributed by atoms with Gasteiger partial charge in [-0.15, -0.1) is 0 Å². The first kappa shape index (κ1) is 15.0. The minimum atomic E-state index is 0.758. The number of hydrogen-bond acceptors (Lipinski definition) is 2. The summed E-state index contributed by atoms with van der Waals surface area (Å²) in [5.74, 6) is 0.871. The molecule has 17 heavy (non-hydrogen) atoms. The summed E-state index contributed by atoms with van der Waals surface area (Å²) in [6.45, 7) is 12.0. The van der Waals surface area contributed by atoms with E-state index in [1.807, 2.05) is 0 Å². The third kappa shape index (κ3) is 7.05. The van der Waals surface area contributed by atoms with Gasteiger partial charge in [-0.3, -0.25) is 0 Å². The number of nitrogens with zero attached hydrogens (tertiary/aromatic N) is 1. The molecular formula is C15H32N2. The standard InChI is InChI=1S/C15H32N2/c1-4-10-16-15-9-7-12-17(13-15)11-6-5-8-14(2)3/h14-16H,4-13H2,1-3H3. The Morgan fingerprint density at radius 3 is 2.82 bits per heavy atom. The predicted molar refractivity (Wildman–Crippen MR) is 76.4 cm³/mol. The first-order chi connectivity index (χ1) is 8.22. The molecule has 1 aliphatic heterocycles. The quantitative estimate of drug-likeness (QED) is 0.655. The van der Waals surface area contributed by atoms with Crippen LogP contribution in [0.3, 0.4) is 0 Å². The minimum Gasteiger partial charge on any atom is -0.313 e. The Bertz CT molecular complexity index is 180. The van der Waals surface area contributed by atoms with Crippen LogP contribution < -0.4 is 5.32 Å². The number of likely N-dealkylation sites (tertiary alicyclic amines) is 1. The summed E-state index contributed by atoms with van der Waals surface area (Å²) >= 11 is 0. The molecule has 0 aliphatic carbocycles. The van der Waals surface area contributed by atoms with Gasteiger partial charge in [0, 0.05) is 12.6 Å². The summed E-state index contributed by atoms with van der Waals surface area (Å²) < 4.78 is 0. The molecule has 1 fully saturated rings. The number of piperidine rings is 1. The lowest BCUT2D eigenvalue weighted by atomic mass is 10.0. The van der Waals surface area contributed by atoms with Crippen molar-refractivity contribution < 1.29 is 0 Å². The maximum atomic E-state index is 3.67. The molecule has 0 bridgehead atoms. The normalized spacial score (nSPS) is 22.2. The second-order valence-electron chi connectivity index (χ2n) is 5.98. The highest BCUT2D eigenvalue weighted by atomic mass is 15.2. The summed E-state index contributed by atoms with van der Waals surface area (Å²) in [6.07, 6.45) is 8.20. The first-order valence-electron chi connectivity index (χ1n) is 7.68. The van der Waals surface area contributed by atoms with Crippen molar-refractivity contribution in [3.8, 4) is 0 Å². The van der Waals surface area contributed by atoms with Gasteiger partial charge >= 0.3 is 0 Å². The maximum absolute atomic E-state index is 3.67. The van der Waals surface area contributed by atoms with Gasteiger partial charge in [-0.1, -0.05) is 33.6 Å². The Morgan fingerprint density at radius 2 is 2.12 bits per heavy atom. The van der Waals surface area contributed by atoms with Crippen molar-refractivity contribution in [3.63, 3.8) is 0 Å². The van der Waals surface area contributed by atoms with Crippen LogP contribution in [0.4, 0.5) is 0 Å². The van der Waals surface area contributed by atoms with E-state index in [9.17, 15) is 0 Å². The van der Waals surface area contributed by atoms with Crippen LogP contribution in [0.5, 0.6) is 0 Å². The fraction of sp³-hybridized carbons (Fsp3) is 1.00. The van der Waals surface area contributed by atoms with Gasteiger partial charge in [0.05, 0.1) is 0 Å². The van der Waals surface area contributed by atoms with E-state index in [1.54, 1.807) is 0 Å². The van der Waals surface area contributed by atoms with Gasteiger partial charge in [-0.05, 0) is 51.2 Å². The SMILES string of the molecule is CCCNC1CCCN(CCCCC(C)C)C1. The zero-order valence-corrected chi connectivity index (χ0v) is 12.2. The average molecular weight is 240 g/mol. The maximum Gasteiger partial charge on any atom is 0.0195 e. The molecule has 1 saturated heterocycles. The Labute approximate surface area is 108 Å². The highest BCUT2D eigenvalue weighted by Crippen LogP contribution is 2.12. The Kier molecular flexibility index (Phi) is 7.87. The molecule has 1 rings (SSSR count). The van der Waals surface area contributed by atoms with Crippen molar-refractivity contribution in [2.24, 2.45) is 5.92 Å². The molecule has 0 aromatic carbocycles. The van der Waals surface area contributed by atoms with Crippen LogP contribution in [0.1, 0.15) is 59.3 Å². The van der Waals surface area contributed by atoms with E-state index in [4.69, 9.17) is 0 Å². The molecule has 1 atom stereocenters. The molecule has 102 valence electrons. The fourth-order valence-electron chi connectivity index (χ4n) is 2.66. The number of unbranched alkanes of at least 4 members (excludes halogenated alkanes) is 1. The lowest BCUT2D eigenvalue weighted by Gasteiger charge is -2.33. The molecule has 0 spiro atoms. The molecule has 0 radical (unpaired) electrons. The van der Waals surface area contributed by atoms with Gasteiger partial charge in [0.1, 0.15) is 0 Å². The molecule has 1 N–H and O–H groups in total. The largest absolute Gasteiger partial charge is 0.313 e. The highest BCUT2D eigenvalue weighted by Gasteiger charge is 2.18. The molecule has 0 saturated carbocycles. The topological polar surface area (TPSA) is 15.3 Å². The molecule has 1 aliphatic rings. The van der Waals surface area contributed by atoms with Gasteiger partial charge < -0.3 is 10.2 Å². The van der Waals surface area contributed by atoms with Gasteiger partial charge in [-0.2, -0.15) is 0 Å². The smallest absolute Gasteiger partial charge is 0.0195 e. The van der Waals surface area contributed by atoms with Gasteiger partial charge in [0.25, 0.3) is 0 Å². The van der Waals surface area contributed by atoms with Crippen molar-refractivity contribution in [1.82, 2.24) is 10.2 Å². The van der Waals surface area contributed by atoms with Gasteiger partial charge in [0.15, 0.2) is 0 Å². The third-order valence-electron chi connectivity index (χ3n) is 3.69. The lowest BCUT2D eigenvalue weighted by molar-refractivity contribution is 0.187. The fourth-order valence-corrected chi connectivity index (χ4v) is 2.66. The predicted octanol–water partition coefficient (Wildman–Crippen LogP) is 3.28. The van der Waals surface area contributed by atoms with E-state index in [0.29, 0.717) is 0 Å². The highest BCUT2D eigenvalue weighted by molar-refractivity contribution is 4.77. The first-order valence-corrected chi connectivity index (χ1v) is 7.68. The van der Waals surface area contributed by atoms with Crippen LogP contribution in [-0.4, -0.2) is 37.1 Å². The summed E-state index contributed by atoms with van der Waals surface area (Å²) in [4.78, 5) is 2.66. The van der Waals surface area contributed by atoms with E-state index in [-0.39, 0.29) is 0 Å². The zero-order chi connectivity index (χ0) is 12.5. The minimum absolute atomic E-state index is 0.758. The second-order valence-corrected chi connectivity index (χ2v) is 5.98. The van der Waals surface area contributed by atoms with Gasteiger partial charge in [-0.25, -0.2) is 0 Å².